The number of aromatic nitrogens is 2. The molecule has 2 aromatic rings. The van der Waals surface area contributed by atoms with Crippen LogP contribution in [-0.4, -0.2) is 23.6 Å². The molecule has 0 aliphatic heterocycles. The first kappa shape index (κ1) is 14.8. The molecular weight excluding hydrogens is 316 g/mol. The highest BCUT2D eigenvalue weighted by molar-refractivity contribution is 9.10. The van der Waals surface area contributed by atoms with Crippen molar-refractivity contribution >= 4 is 27.6 Å². The molecule has 0 unspecified atom stereocenters. The number of nitrogens with zero attached hydrogens (tertiary/aromatic N) is 3. The van der Waals surface area contributed by atoms with Gasteiger partial charge in [-0.15, -0.1) is 0 Å². The average Bonchev–Trinajstić information content (AvgIpc) is 2.48. The number of halogens is 1. The van der Waals surface area contributed by atoms with E-state index in [9.17, 15) is 0 Å². The minimum absolute atomic E-state index is 0.805. The summed E-state index contributed by atoms with van der Waals surface area (Å²) < 4.78 is 1.09. The molecule has 2 rings (SSSR count). The monoisotopic (exact) mass is 334 g/mol. The molecule has 0 aliphatic rings. The number of anilines is 2. The fraction of sp³-hybridized carbons (Fsp3) is 0.333. The summed E-state index contributed by atoms with van der Waals surface area (Å²) in [5.74, 6) is 1.70. The zero-order chi connectivity index (χ0) is 14.4. The molecular formula is C15H19BrN4. The highest BCUT2D eigenvalue weighted by Gasteiger charge is 2.05. The highest BCUT2D eigenvalue weighted by Crippen LogP contribution is 2.16. The van der Waals surface area contributed by atoms with Crippen LogP contribution in [0.2, 0.25) is 0 Å². The van der Waals surface area contributed by atoms with Crippen molar-refractivity contribution < 1.29 is 0 Å². The van der Waals surface area contributed by atoms with Crippen LogP contribution in [0.1, 0.15) is 18.9 Å². The van der Waals surface area contributed by atoms with Crippen LogP contribution in [0.15, 0.2) is 41.1 Å². The smallest absolute Gasteiger partial charge is 0.149 e. The highest BCUT2D eigenvalue weighted by atomic mass is 79.9. The lowest BCUT2D eigenvalue weighted by atomic mass is 10.2. The molecule has 0 radical (unpaired) electrons. The molecule has 0 aliphatic carbocycles. The van der Waals surface area contributed by atoms with Gasteiger partial charge in [0.15, 0.2) is 0 Å². The SMILES string of the molecule is CCCNc1cncc(N(C)Cc2ccc(Br)cc2)n1. The van der Waals surface area contributed by atoms with E-state index in [0.29, 0.717) is 0 Å². The first-order chi connectivity index (χ1) is 9.69. The number of hydrogen-bond acceptors (Lipinski definition) is 4. The maximum Gasteiger partial charge on any atom is 0.149 e. The lowest BCUT2D eigenvalue weighted by Crippen LogP contribution is -2.18. The Bertz CT molecular complexity index is 542. The molecule has 5 heteroatoms. The van der Waals surface area contributed by atoms with E-state index in [1.165, 1.54) is 5.56 Å². The molecule has 0 saturated carbocycles. The van der Waals surface area contributed by atoms with Gasteiger partial charge in [-0.25, -0.2) is 4.98 Å². The van der Waals surface area contributed by atoms with E-state index in [-0.39, 0.29) is 0 Å². The molecule has 106 valence electrons. The van der Waals surface area contributed by atoms with E-state index in [2.05, 4.69) is 55.2 Å². The molecule has 1 aromatic heterocycles. The van der Waals surface area contributed by atoms with Gasteiger partial charge in [-0.2, -0.15) is 0 Å². The van der Waals surface area contributed by atoms with E-state index in [1.54, 1.807) is 12.4 Å². The molecule has 1 aromatic carbocycles. The van der Waals surface area contributed by atoms with Crippen LogP contribution >= 0.6 is 15.9 Å². The van der Waals surface area contributed by atoms with Gasteiger partial charge in [-0.05, 0) is 24.1 Å². The second kappa shape index (κ2) is 7.24. The van der Waals surface area contributed by atoms with Crippen LogP contribution in [-0.2, 0) is 6.54 Å². The predicted octanol–water partition coefficient (Wildman–Crippen LogP) is 3.70. The van der Waals surface area contributed by atoms with Gasteiger partial charge in [0.25, 0.3) is 0 Å². The second-order valence-corrected chi connectivity index (χ2v) is 5.59. The third-order valence-electron chi connectivity index (χ3n) is 2.90. The standard InChI is InChI=1S/C15H19BrN4/c1-3-8-18-14-9-17-10-15(19-14)20(2)11-12-4-6-13(16)7-5-12/h4-7,9-10H,3,8,11H2,1-2H3,(H,18,19). The van der Waals surface area contributed by atoms with Crippen LogP contribution in [0.3, 0.4) is 0 Å². The lowest BCUT2D eigenvalue weighted by Gasteiger charge is -2.18. The van der Waals surface area contributed by atoms with Crippen molar-refractivity contribution in [1.82, 2.24) is 9.97 Å². The van der Waals surface area contributed by atoms with E-state index in [0.717, 1.165) is 35.6 Å². The van der Waals surface area contributed by atoms with Crippen molar-refractivity contribution in [3.8, 4) is 0 Å². The van der Waals surface area contributed by atoms with Gasteiger partial charge in [-0.3, -0.25) is 4.98 Å². The summed E-state index contributed by atoms with van der Waals surface area (Å²) in [6, 6.07) is 8.31. The lowest BCUT2D eigenvalue weighted by molar-refractivity contribution is 0.885. The molecule has 1 N–H and O–H groups in total. The van der Waals surface area contributed by atoms with Crippen molar-refractivity contribution in [2.24, 2.45) is 0 Å². The van der Waals surface area contributed by atoms with Gasteiger partial charge in [-0.1, -0.05) is 35.0 Å². The number of nitrogens with one attached hydrogen (secondary N) is 1. The zero-order valence-electron chi connectivity index (χ0n) is 11.8. The molecule has 20 heavy (non-hydrogen) atoms. The Labute approximate surface area is 128 Å². The van der Waals surface area contributed by atoms with Crippen LogP contribution in [0.25, 0.3) is 0 Å². The molecule has 1 heterocycles. The van der Waals surface area contributed by atoms with Crippen LogP contribution in [0.5, 0.6) is 0 Å². The van der Waals surface area contributed by atoms with Crippen molar-refractivity contribution in [3.63, 3.8) is 0 Å². The molecule has 0 saturated heterocycles. The Balaban J connectivity index is 2.04. The van der Waals surface area contributed by atoms with Gasteiger partial charge in [0, 0.05) is 24.6 Å². The Hall–Kier alpha value is -1.62. The molecule has 0 atom stereocenters. The van der Waals surface area contributed by atoms with Crippen molar-refractivity contribution in [2.45, 2.75) is 19.9 Å². The van der Waals surface area contributed by atoms with E-state index in [1.807, 2.05) is 19.2 Å². The minimum atomic E-state index is 0.805. The quantitative estimate of drug-likeness (QED) is 0.874. The van der Waals surface area contributed by atoms with Crippen molar-refractivity contribution in [3.05, 3.63) is 46.7 Å². The summed E-state index contributed by atoms with van der Waals surface area (Å²) in [6.45, 7) is 3.84. The maximum absolute atomic E-state index is 4.57. The maximum atomic E-state index is 4.57. The Morgan fingerprint density at radius 2 is 1.95 bits per heavy atom. The number of rotatable bonds is 6. The largest absolute Gasteiger partial charge is 0.369 e. The van der Waals surface area contributed by atoms with Gasteiger partial charge in [0.2, 0.25) is 0 Å². The minimum Gasteiger partial charge on any atom is -0.369 e. The fourth-order valence-electron chi connectivity index (χ4n) is 1.82. The Morgan fingerprint density at radius 1 is 1.20 bits per heavy atom. The predicted molar refractivity (Wildman–Crippen MR) is 87.1 cm³/mol. The summed E-state index contributed by atoms with van der Waals surface area (Å²) >= 11 is 3.45. The first-order valence-electron chi connectivity index (χ1n) is 6.70. The topological polar surface area (TPSA) is 41.1 Å². The third-order valence-corrected chi connectivity index (χ3v) is 3.43. The van der Waals surface area contributed by atoms with Gasteiger partial charge in [0.05, 0.1) is 12.4 Å². The van der Waals surface area contributed by atoms with Gasteiger partial charge < -0.3 is 10.2 Å². The summed E-state index contributed by atoms with van der Waals surface area (Å²) in [7, 11) is 2.02. The summed E-state index contributed by atoms with van der Waals surface area (Å²) in [4.78, 5) is 10.9. The fourth-order valence-corrected chi connectivity index (χ4v) is 2.09. The van der Waals surface area contributed by atoms with Gasteiger partial charge in [0.1, 0.15) is 11.6 Å². The first-order valence-corrected chi connectivity index (χ1v) is 7.50. The molecule has 0 bridgehead atoms. The van der Waals surface area contributed by atoms with Crippen LogP contribution < -0.4 is 10.2 Å². The van der Waals surface area contributed by atoms with Gasteiger partial charge >= 0.3 is 0 Å². The number of hydrogen-bond donors (Lipinski definition) is 1. The van der Waals surface area contributed by atoms with E-state index < -0.39 is 0 Å². The Kier molecular flexibility index (Phi) is 5.35. The molecule has 0 fully saturated rings. The second-order valence-electron chi connectivity index (χ2n) is 4.67. The van der Waals surface area contributed by atoms with Crippen molar-refractivity contribution in [1.29, 1.82) is 0 Å². The third kappa shape index (κ3) is 4.20. The number of benzene rings is 1. The Morgan fingerprint density at radius 3 is 2.65 bits per heavy atom. The van der Waals surface area contributed by atoms with Crippen LogP contribution in [0, 0.1) is 0 Å². The summed E-state index contributed by atoms with van der Waals surface area (Å²) in [6.07, 6.45) is 4.61. The molecule has 0 amide bonds. The molecule has 0 spiro atoms. The average molecular weight is 335 g/mol. The van der Waals surface area contributed by atoms with Crippen molar-refractivity contribution in [2.75, 3.05) is 23.8 Å². The summed E-state index contributed by atoms with van der Waals surface area (Å²) in [5.41, 5.74) is 1.24. The van der Waals surface area contributed by atoms with Crippen LogP contribution in [0.4, 0.5) is 11.6 Å². The normalized spacial score (nSPS) is 10.3. The zero-order valence-corrected chi connectivity index (χ0v) is 13.4. The van der Waals surface area contributed by atoms with E-state index in [4.69, 9.17) is 0 Å². The molecule has 4 nitrogen and oxygen atoms in total. The van der Waals surface area contributed by atoms with E-state index >= 15 is 0 Å². The summed E-state index contributed by atoms with van der Waals surface area (Å²) in [5, 5.41) is 3.25.